The van der Waals surface area contributed by atoms with Gasteiger partial charge in [0.2, 0.25) is 7.37 Å². The summed E-state index contributed by atoms with van der Waals surface area (Å²) < 4.78 is 21.6. The van der Waals surface area contributed by atoms with Crippen LogP contribution in [0.4, 0.5) is 0 Å². The maximum absolute atomic E-state index is 11.4. The van der Waals surface area contributed by atoms with Crippen LogP contribution in [-0.2, 0) is 13.8 Å². The average Bonchev–Trinajstić information content (AvgIpc) is 2.48. The first-order valence-electron chi connectivity index (χ1n) is 4.21. The third-order valence-corrected chi connectivity index (χ3v) is 3.38. The highest BCUT2D eigenvalue weighted by molar-refractivity contribution is 7.57. The van der Waals surface area contributed by atoms with E-state index in [4.69, 9.17) is 17.1 Å². The maximum atomic E-state index is 11.4. The van der Waals surface area contributed by atoms with Gasteiger partial charge in [-0.3, -0.25) is 4.57 Å². The van der Waals surface area contributed by atoms with Gasteiger partial charge in [-0.25, -0.2) is 0 Å². The SMILES string of the molecule is [B]C1C=CC(OCP(C)(=O)OC)C1. The van der Waals surface area contributed by atoms with Crippen LogP contribution in [0.2, 0.25) is 5.82 Å². The molecule has 0 bridgehead atoms. The van der Waals surface area contributed by atoms with Gasteiger partial charge in [0, 0.05) is 13.8 Å². The molecule has 3 atom stereocenters. The quantitative estimate of drug-likeness (QED) is 0.394. The van der Waals surface area contributed by atoms with Crippen LogP contribution in [0.5, 0.6) is 0 Å². The van der Waals surface area contributed by atoms with Gasteiger partial charge in [-0.05, 0) is 6.42 Å². The molecule has 0 aromatic heterocycles. The lowest BCUT2D eigenvalue weighted by molar-refractivity contribution is 0.115. The van der Waals surface area contributed by atoms with Gasteiger partial charge < -0.3 is 9.26 Å². The molecule has 1 rings (SSSR count). The molecule has 0 N–H and O–H groups in total. The molecule has 5 heteroatoms. The van der Waals surface area contributed by atoms with Gasteiger partial charge in [-0.1, -0.05) is 18.0 Å². The molecule has 13 heavy (non-hydrogen) atoms. The van der Waals surface area contributed by atoms with Crippen LogP contribution >= 0.6 is 7.37 Å². The summed E-state index contributed by atoms with van der Waals surface area (Å²) in [6, 6.07) is 0. The van der Waals surface area contributed by atoms with Gasteiger partial charge in [-0.2, -0.15) is 0 Å². The Bertz CT molecular complexity index is 242. The average molecular weight is 200 g/mol. The monoisotopic (exact) mass is 200 g/mol. The lowest BCUT2D eigenvalue weighted by atomic mass is 9.87. The van der Waals surface area contributed by atoms with Crippen molar-refractivity contribution in [2.24, 2.45) is 0 Å². The summed E-state index contributed by atoms with van der Waals surface area (Å²) in [5.74, 6) is 0.0730. The lowest BCUT2D eigenvalue weighted by Crippen LogP contribution is -2.09. The first-order valence-corrected chi connectivity index (χ1v) is 6.47. The van der Waals surface area contributed by atoms with Crippen molar-refractivity contribution < 1.29 is 13.8 Å². The van der Waals surface area contributed by atoms with Gasteiger partial charge in [0.1, 0.15) is 6.35 Å². The Kier molecular flexibility index (Phi) is 3.78. The molecule has 3 nitrogen and oxygen atoms in total. The Morgan fingerprint density at radius 3 is 2.77 bits per heavy atom. The first kappa shape index (κ1) is 11.0. The maximum Gasteiger partial charge on any atom is 0.224 e. The molecular weight excluding hydrogens is 186 g/mol. The van der Waals surface area contributed by atoms with Crippen molar-refractivity contribution >= 4 is 15.2 Å². The van der Waals surface area contributed by atoms with Gasteiger partial charge in [0.05, 0.1) is 14.0 Å². The molecule has 0 spiro atoms. The Morgan fingerprint density at radius 2 is 2.31 bits per heavy atom. The third kappa shape index (κ3) is 3.67. The molecule has 0 saturated heterocycles. The van der Waals surface area contributed by atoms with Crippen LogP contribution in [-0.4, -0.2) is 34.1 Å². The Balaban J connectivity index is 2.28. The molecule has 0 saturated carbocycles. The molecule has 72 valence electrons. The van der Waals surface area contributed by atoms with E-state index in [-0.39, 0.29) is 18.3 Å². The van der Waals surface area contributed by atoms with Crippen LogP contribution in [0.3, 0.4) is 0 Å². The second-order valence-corrected chi connectivity index (χ2v) is 5.97. The Hall–Kier alpha value is -0.0451. The standard InChI is InChI=1S/C8H14BO3P/c1-11-13(2,10)6-12-8-4-3-7(9)5-8/h3-4,7-8H,5-6H2,1-2H3. The van der Waals surface area contributed by atoms with Crippen molar-refractivity contribution in [1.29, 1.82) is 0 Å². The summed E-state index contributed by atoms with van der Waals surface area (Å²) in [6.07, 6.45) is 4.73. The minimum Gasteiger partial charge on any atom is -0.364 e. The van der Waals surface area contributed by atoms with Gasteiger partial charge in [0.25, 0.3) is 0 Å². The molecule has 0 aliphatic heterocycles. The van der Waals surface area contributed by atoms with E-state index in [1.165, 1.54) is 7.11 Å². The van der Waals surface area contributed by atoms with E-state index in [0.717, 1.165) is 6.42 Å². The zero-order valence-corrected chi connectivity index (χ0v) is 8.87. The minimum absolute atomic E-state index is 0.00146. The molecule has 1 aliphatic carbocycles. The molecule has 0 heterocycles. The first-order chi connectivity index (χ1) is 6.03. The zero-order chi connectivity index (χ0) is 9.90. The van der Waals surface area contributed by atoms with E-state index in [2.05, 4.69) is 0 Å². The highest BCUT2D eigenvalue weighted by Gasteiger charge is 2.20. The van der Waals surface area contributed by atoms with E-state index in [9.17, 15) is 4.57 Å². The molecule has 0 amide bonds. The number of hydrogen-bond acceptors (Lipinski definition) is 3. The highest BCUT2D eigenvalue weighted by atomic mass is 31.2. The van der Waals surface area contributed by atoms with E-state index in [1.54, 1.807) is 6.66 Å². The molecule has 2 radical (unpaired) electrons. The molecular formula is C8H14BO3P. The number of hydrogen-bond donors (Lipinski definition) is 0. The molecule has 3 unspecified atom stereocenters. The van der Waals surface area contributed by atoms with Crippen molar-refractivity contribution in [2.45, 2.75) is 18.3 Å². The smallest absolute Gasteiger partial charge is 0.224 e. The number of allylic oxidation sites excluding steroid dienone is 1. The Labute approximate surface area is 80.4 Å². The lowest BCUT2D eigenvalue weighted by Gasteiger charge is -2.15. The fourth-order valence-electron chi connectivity index (χ4n) is 1.10. The largest absolute Gasteiger partial charge is 0.364 e. The topological polar surface area (TPSA) is 35.5 Å². The van der Waals surface area contributed by atoms with E-state index < -0.39 is 7.37 Å². The second kappa shape index (κ2) is 4.45. The fourth-order valence-corrected chi connectivity index (χ4v) is 1.67. The van der Waals surface area contributed by atoms with Crippen molar-refractivity contribution in [3.05, 3.63) is 12.2 Å². The van der Waals surface area contributed by atoms with Gasteiger partial charge in [0.15, 0.2) is 0 Å². The minimum atomic E-state index is -2.54. The van der Waals surface area contributed by atoms with Crippen LogP contribution in [0.1, 0.15) is 6.42 Å². The van der Waals surface area contributed by atoms with Crippen LogP contribution in [0.15, 0.2) is 12.2 Å². The van der Waals surface area contributed by atoms with Crippen molar-refractivity contribution in [2.75, 3.05) is 20.1 Å². The van der Waals surface area contributed by atoms with Crippen LogP contribution in [0.25, 0.3) is 0 Å². The second-order valence-electron chi connectivity index (χ2n) is 3.32. The van der Waals surface area contributed by atoms with Gasteiger partial charge >= 0.3 is 0 Å². The van der Waals surface area contributed by atoms with Crippen molar-refractivity contribution in [3.8, 4) is 0 Å². The normalized spacial score (nSPS) is 31.8. The van der Waals surface area contributed by atoms with Gasteiger partial charge in [-0.15, -0.1) is 0 Å². The zero-order valence-electron chi connectivity index (χ0n) is 7.97. The van der Waals surface area contributed by atoms with E-state index in [1.807, 2.05) is 12.2 Å². The van der Waals surface area contributed by atoms with Crippen molar-refractivity contribution in [3.63, 3.8) is 0 Å². The summed E-state index contributed by atoms with van der Waals surface area (Å²) in [7, 11) is 4.52. The fraction of sp³-hybridized carbons (Fsp3) is 0.750. The van der Waals surface area contributed by atoms with E-state index in [0.29, 0.717) is 0 Å². The van der Waals surface area contributed by atoms with Crippen LogP contribution in [0, 0.1) is 0 Å². The number of rotatable bonds is 4. The third-order valence-electron chi connectivity index (χ3n) is 1.99. The molecule has 0 fully saturated rings. The Morgan fingerprint density at radius 1 is 1.62 bits per heavy atom. The van der Waals surface area contributed by atoms with Crippen LogP contribution < -0.4 is 0 Å². The predicted molar refractivity (Wildman–Crippen MR) is 53.5 cm³/mol. The summed E-state index contributed by atoms with van der Waals surface area (Å²) in [5.41, 5.74) is 0. The number of ether oxygens (including phenoxy) is 1. The summed E-state index contributed by atoms with van der Waals surface area (Å²) >= 11 is 0. The molecule has 0 aromatic rings. The van der Waals surface area contributed by atoms with Crippen molar-refractivity contribution in [1.82, 2.24) is 0 Å². The molecule has 1 aliphatic rings. The summed E-state index contributed by atoms with van der Waals surface area (Å²) in [4.78, 5) is 0. The van der Waals surface area contributed by atoms with E-state index >= 15 is 0 Å². The highest BCUT2D eigenvalue weighted by Crippen LogP contribution is 2.42. The summed E-state index contributed by atoms with van der Waals surface area (Å²) in [5, 5.41) is 0. The summed E-state index contributed by atoms with van der Waals surface area (Å²) in [6.45, 7) is 1.56. The molecule has 0 aromatic carbocycles. The predicted octanol–water partition coefficient (Wildman–Crippen LogP) is 1.80.